The van der Waals surface area contributed by atoms with Crippen molar-refractivity contribution < 1.29 is 9.59 Å². The summed E-state index contributed by atoms with van der Waals surface area (Å²) in [5.74, 6) is -0.475. The number of aromatic amines is 1. The summed E-state index contributed by atoms with van der Waals surface area (Å²) in [5.41, 5.74) is 8.82. The van der Waals surface area contributed by atoms with Crippen LogP contribution in [0.1, 0.15) is 21.6 Å². The lowest BCUT2D eigenvalue weighted by atomic mass is 10.1. The molecule has 0 unspecified atom stereocenters. The minimum atomic E-state index is -0.366. The van der Waals surface area contributed by atoms with Crippen molar-refractivity contribution in [2.45, 2.75) is 12.8 Å². The predicted octanol–water partition coefficient (Wildman–Crippen LogP) is 2.17. The van der Waals surface area contributed by atoms with E-state index < -0.39 is 0 Å². The molecule has 0 atom stereocenters. The van der Waals surface area contributed by atoms with Crippen LogP contribution in [0.4, 0.5) is 0 Å². The minimum absolute atomic E-state index is 0.108. The Bertz CT molecular complexity index is 869. The van der Waals surface area contributed by atoms with Gasteiger partial charge in [-0.3, -0.25) is 9.59 Å². The first-order chi connectivity index (χ1) is 11.6. The zero-order chi connectivity index (χ0) is 16.9. The van der Waals surface area contributed by atoms with E-state index in [0.29, 0.717) is 18.5 Å². The Balaban J connectivity index is 1.73. The number of benzene rings is 2. The number of nitrogens with two attached hydrogens (primary N) is 1. The van der Waals surface area contributed by atoms with Crippen LogP contribution in [0.15, 0.2) is 54.6 Å². The highest BCUT2D eigenvalue weighted by atomic mass is 16.2. The standard InChI is InChI=1S/C19H19N3O2/c20-18(23)12-15-14-8-4-5-9-16(14)22-17(15)10-11-21-19(24)13-6-2-1-3-7-13/h1-9,22H,10-12H2,(H2,20,23)(H,21,24). The Morgan fingerprint density at radius 2 is 1.71 bits per heavy atom. The molecule has 0 bridgehead atoms. The van der Waals surface area contributed by atoms with Crippen molar-refractivity contribution in [3.8, 4) is 0 Å². The van der Waals surface area contributed by atoms with Gasteiger partial charge in [-0.2, -0.15) is 0 Å². The van der Waals surface area contributed by atoms with Crippen LogP contribution in [0.3, 0.4) is 0 Å². The Hall–Kier alpha value is -3.08. The molecule has 0 fully saturated rings. The summed E-state index contributed by atoms with van der Waals surface area (Å²) >= 11 is 0. The van der Waals surface area contributed by atoms with Crippen LogP contribution >= 0.6 is 0 Å². The molecule has 1 aromatic heterocycles. The molecule has 1 heterocycles. The van der Waals surface area contributed by atoms with Gasteiger partial charge in [0.25, 0.3) is 5.91 Å². The van der Waals surface area contributed by atoms with Gasteiger partial charge in [0.05, 0.1) is 6.42 Å². The smallest absolute Gasteiger partial charge is 0.251 e. The van der Waals surface area contributed by atoms with Gasteiger partial charge in [-0.1, -0.05) is 36.4 Å². The maximum absolute atomic E-state index is 12.1. The van der Waals surface area contributed by atoms with Crippen LogP contribution in [0.5, 0.6) is 0 Å². The summed E-state index contributed by atoms with van der Waals surface area (Å²) in [6.07, 6.45) is 0.793. The SMILES string of the molecule is NC(=O)Cc1c(CCNC(=O)c2ccccc2)[nH]c2ccccc12. The number of primary amides is 1. The molecule has 5 nitrogen and oxygen atoms in total. The highest BCUT2D eigenvalue weighted by Gasteiger charge is 2.13. The van der Waals surface area contributed by atoms with Crippen LogP contribution in [-0.2, 0) is 17.6 Å². The molecular formula is C19H19N3O2. The maximum atomic E-state index is 12.1. The molecule has 0 aliphatic heterocycles. The van der Waals surface area contributed by atoms with E-state index in [4.69, 9.17) is 5.73 Å². The van der Waals surface area contributed by atoms with Crippen molar-refractivity contribution in [2.24, 2.45) is 5.73 Å². The van der Waals surface area contributed by atoms with Gasteiger partial charge in [0.15, 0.2) is 0 Å². The Morgan fingerprint density at radius 3 is 2.46 bits per heavy atom. The summed E-state index contributed by atoms with van der Waals surface area (Å²) in [4.78, 5) is 26.8. The molecule has 0 aliphatic carbocycles. The Morgan fingerprint density at radius 1 is 1.00 bits per heavy atom. The molecule has 0 aliphatic rings. The Labute approximate surface area is 139 Å². The fourth-order valence-corrected chi connectivity index (χ4v) is 2.84. The second-order valence-corrected chi connectivity index (χ2v) is 5.64. The van der Waals surface area contributed by atoms with Gasteiger partial charge in [0.2, 0.25) is 5.91 Å². The number of carbonyl (C=O) groups excluding carboxylic acids is 2. The lowest BCUT2D eigenvalue weighted by Gasteiger charge is -2.06. The highest BCUT2D eigenvalue weighted by molar-refractivity contribution is 5.94. The number of carbonyl (C=O) groups is 2. The molecule has 0 saturated carbocycles. The summed E-state index contributed by atoms with van der Waals surface area (Å²) in [6.45, 7) is 0.478. The molecule has 3 aromatic rings. The average Bonchev–Trinajstić information content (AvgIpc) is 2.93. The topological polar surface area (TPSA) is 88.0 Å². The maximum Gasteiger partial charge on any atom is 0.251 e. The van der Waals surface area contributed by atoms with Crippen LogP contribution in [0.2, 0.25) is 0 Å². The van der Waals surface area contributed by atoms with Crippen LogP contribution in [0, 0.1) is 0 Å². The monoisotopic (exact) mass is 321 g/mol. The third-order valence-electron chi connectivity index (χ3n) is 3.95. The fraction of sp³-hybridized carbons (Fsp3) is 0.158. The van der Waals surface area contributed by atoms with Gasteiger partial charge in [-0.15, -0.1) is 0 Å². The number of amides is 2. The summed E-state index contributed by atoms with van der Waals surface area (Å²) < 4.78 is 0. The highest BCUT2D eigenvalue weighted by Crippen LogP contribution is 2.23. The van der Waals surface area contributed by atoms with Crippen molar-refractivity contribution in [1.82, 2.24) is 10.3 Å². The van der Waals surface area contributed by atoms with E-state index in [2.05, 4.69) is 10.3 Å². The number of rotatable bonds is 6. The van der Waals surface area contributed by atoms with Crippen molar-refractivity contribution in [3.63, 3.8) is 0 Å². The molecule has 2 amide bonds. The quantitative estimate of drug-likeness (QED) is 0.649. The van der Waals surface area contributed by atoms with Gasteiger partial charge < -0.3 is 16.0 Å². The van der Waals surface area contributed by atoms with E-state index in [1.54, 1.807) is 12.1 Å². The third-order valence-corrected chi connectivity index (χ3v) is 3.95. The summed E-state index contributed by atoms with van der Waals surface area (Å²) in [6, 6.07) is 16.9. The molecule has 3 rings (SSSR count). The second-order valence-electron chi connectivity index (χ2n) is 5.64. The second kappa shape index (κ2) is 7.00. The number of hydrogen-bond acceptors (Lipinski definition) is 2. The molecule has 5 heteroatoms. The summed E-state index contributed by atoms with van der Waals surface area (Å²) in [7, 11) is 0. The number of fused-ring (bicyclic) bond motifs is 1. The van der Waals surface area contributed by atoms with Gasteiger partial charge in [0.1, 0.15) is 0 Å². The average molecular weight is 321 g/mol. The van der Waals surface area contributed by atoms with Crippen LogP contribution in [0.25, 0.3) is 10.9 Å². The van der Waals surface area contributed by atoms with E-state index in [1.165, 1.54) is 0 Å². The largest absolute Gasteiger partial charge is 0.369 e. The van der Waals surface area contributed by atoms with E-state index in [9.17, 15) is 9.59 Å². The molecule has 0 saturated heterocycles. The van der Waals surface area contributed by atoms with E-state index >= 15 is 0 Å². The molecule has 122 valence electrons. The molecular weight excluding hydrogens is 302 g/mol. The zero-order valence-corrected chi connectivity index (χ0v) is 13.2. The molecule has 0 spiro atoms. The summed E-state index contributed by atoms with van der Waals surface area (Å²) in [5, 5.41) is 3.90. The van der Waals surface area contributed by atoms with Gasteiger partial charge >= 0.3 is 0 Å². The van der Waals surface area contributed by atoms with Crippen molar-refractivity contribution in [2.75, 3.05) is 6.54 Å². The fourth-order valence-electron chi connectivity index (χ4n) is 2.84. The zero-order valence-electron chi connectivity index (χ0n) is 13.2. The van der Waals surface area contributed by atoms with E-state index in [-0.39, 0.29) is 18.2 Å². The van der Waals surface area contributed by atoms with Gasteiger partial charge in [-0.05, 0) is 23.8 Å². The van der Waals surface area contributed by atoms with Crippen molar-refractivity contribution in [3.05, 3.63) is 71.4 Å². The van der Waals surface area contributed by atoms with Crippen molar-refractivity contribution in [1.29, 1.82) is 0 Å². The van der Waals surface area contributed by atoms with Crippen LogP contribution < -0.4 is 11.1 Å². The number of hydrogen-bond donors (Lipinski definition) is 3. The van der Waals surface area contributed by atoms with Gasteiger partial charge in [-0.25, -0.2) is 0 Å². The van der Waals surface area contributed by atoms with Crippen LogP contribution in [-0.4, -0.2) is 23.3 Å². The van der Waals surface area contributed by atoms with Crippen molar-refractivity contribution >= 4 is 22.7 Å². The molecule has 0 radical (unpaired) electrons. The number of para-hydroxylation sites is 1. The number of nitrogens with one attached hydrogen (secondary N) is 2. The molecule has 24 heavy (non-hydrogen) atoms. The normalized spacial score (nSPS) is 10.7. The predicted molar refractivity (Wildman–Crippen MR) is 93.7 cm³/mol. The van der Waals surface area contributed by atoms with E-state index in [1.807, 2.05) is 42.5 Å². The minimum Gasteiger partial charge on any atom is -0.369 e. The Kier molecular flexibility index (Phi) is 4.61. The molecule has 2 aromatic carbocycles. The number of H-pyrrole nitrogens is 1. The molecule has 4 N–H and O–H groups in total. The first-order valence-electron chi connectivity index (χ1n) is 7.85. The van der Waals surface area contributed by atoms with Gasteiger partial charge in [0, 0.05) is 35.1 Å². The lowest BCUT2D eigenvalue weighted by molar-refractivity contribution is -0.117. The number of aromatic nitrogens is 1. The first-order valence-corrected chi connectivity index (χ1v) is 7.85. The third kappa shape index (κ3) is 3.46. The van der Waals surface area contributed by atoms with E-state index in [0.717, 1.165) is 22.2 Å². The first kappa shape index (κ1) is 15.8. The lowest BCUT2D eigenvalue weighted by Crippen LogP contribution is -2.26.